The Bertz CT molecular complexity index is 1380. The maximum Gasteiger partial charge on any atom is 0.268 e. The fraction of sp³-hybridized carbons (Fsp3) is 0.0370. The van der Waals surface area contributed by atoms with Gasteiger partial charge in [0.1, 0.15) is 17.2 Å². The van der Waals surface area contributed by atoms with Gasteiger partial charge in [-0.2, -0.15) is 0 Å². The van der Waals surface area contributed by atoms with Gasteiger partial charge in [0.25, 0.3) is 11.8 Å². The van der Waals surface area contributed by atoms with E-state index in [0.717, 1.165) is 15.6 Å². The van der Waals surface area contributed by atoms with E-state index in [9.17, 15) is 9.59 Å². The zero-order chi connectivity index (χ0) is 24.8. The van der Waals surface area contributed by atoms with Crippen LogP contribution in [-0.4, -0.2) is 11.8 Å². The smallest absolute Gasteiger partial charge is 0.268 e. The summed E-state index contributed by atoms with van der Waals surface area (Å²) in [6.07, 6.45) is 1.48. The zero-order valence-corrected chi connectivity index (χ0v) is 21.3. The standard InChI is InChI=1S/C27H19BrCl2N2O3/c28-19-8-6-18(7-9-19)25-13-11-21(35-25)15-24(27(34)31-16-17-4-2-1-3-5-17)32-26(33)22-12-10-20(29)14-23(22)30/h1-15H,16H2,(H,31,34)(H,32,33)/b24-15-. The Kier molecular flexibility index (Phi) is 8.08. The number of furan rings is 1. The molecule has 0 aliphatic heterocycles. The Labute approximate surface area is 220 Å². The number of halogens is 3. The molecule has 0 saturated heterocycles. The number of nitrogens with one attached hydrogen (secondary N) is 2. The largest absolute Gasteiger partial charge is 0.457 e. The molecule has 0 atom stereocenters. The summed E-state index contributed by atoms with van der Waals surface area (Å²) >= 11 is 15.5. The minimum atomic E-state index is -0.549. The van der Waals surface area contributed by atoms with E-state index in [4.69, 9.17) is 27.6 Å². The van der Waals surface area contributed by atoms with Crippen LogP contribution in [0.1, 0.15) is 21.7 Å². The predicted molar refractivity (Wildman–Crippen MR) is 142 cm³/mol. The maximum absolute atomic E-state index is 13.0. The Balaban J connectivity index is 1.60. The van der Waals surface area contributed by atoms with Crippen molar-refractivity contribution in [3.05, 3.63) is 122 Å². The fourth-order valence-corrected chi connectivity index (χ4v) is 4.00. The number of carbonyl (C=O) groups excluding carboxylic acids is 2. The van der Waals surface area contributed by atoms with E-state index in [1.807, 2.05) is 54.6 Å². The second kappa shape index (κ2) is 11.4. The van der Waals surface area contributed by atoms with Crippen molar-refractivity contribution in [3.63, 3.8) is 0 Å². The first-order valence-corrected chi connectivity index (χ1v) is 12.1. The van der Waals surface area contributed by atoms with Gasteiger partial charge in [0, 0.05) is 27.7 Å². The third-order valence-corrected chi connectivity index (χ3v) is 6.08. The van der Waals surface area contributed by atoms with E-state index in [1.54, 1.807) is 18.2 Å². The number of rotatable bonds is 7. The van der Waals surface area contributed by atoms with E-state index in [2.05, 4.69) is 26.6 Å². The van der Waals surface area contributed by atoms with E-state index < -0.39 is 11.8 Å². The van der Waals surface area contributed by atoms with Crippen LogP contribution in [0.5, 0.6) is 0 Å². The van der Waals surface area contributed by atoms with Gasteiger partial charge in [-0.3, -0.25) is 9.59 Å². The second-order valence-corrected chi connectivity index (χ2v) is 9.27. The van der Waals surface area contributed by atoms with Gasteiger partial charge in [0.05, 0.1) is 10.6 Å². The molecule has 0 aliphatic carbocycles. The summed E-state index contributed by atoms with van der Waals surface area (Å²) in [6, 6.07) is 25.1. The van der Waals surface area contributed by atoms with Crippen LogP contribution in [0.4, 0.5) is 0 Å². The van der Waals surface area contributed by atoms with Gasteiger partial charge >= 0.3 is 0 Å². The van der Waals surface area contributed by atoms with Gasteiger partial charge < -0.3 is 15.1 Å². The summed E-state index contributed by atoms with van der Waals surface area (Å²) in [7, 11) is 0. The van der Waals surface area contributed by atoms with Gasteiger partial charge in [-0.1, -0.05) is 81.6 Å². The van der Waals surface area contributed by atoms with Gasteiger partial charge in [0.2, 0.25) is 0 Å². The lowest BCUT2D eigenvalue weighted by atomic mass is 10.2. The van der Waals surface area contributed by atoms with Crippen LogP contribution in [0, 0.1) is 0 Å². The molecular formula is C27H19BrCl2N2O3. The quantitative estimate of drug-likeness (QED) is 0.233. The van der Waals surface area contributed by atoms with Crippen LogP contribution in [0.25, 0.3) is 17.4 Å². The number of carbonyl (C=O) groups is 2. The highest BCUT2D eigenvalue weighted by atomic mass is 79.9. The minimum absolute atomic E-state index is 0.00801. The fourth-order valence-electron chi connectivity index (χ4n) is 3.24. The lowest BCUT2D eigenvalue weighted by molar-refractivity contribution is -0.117. The molecule has 1 aromatic heterocycles. The number of hydrogen-bond donors (Lipinski definition) is 2. The molecule has 0 radical (unpaired) electrons. The number of hydrogen-bond acceptors (Lipinski definition) is 3. The minimum Gasteiger partial charge on any atom is -0.457 e. The summed E-state index contributed by atoms with van der Waals surface area (Å²) in [5.41, 5.74) is 1.99. The van der Waals surface area contributed by atoms with Crippen LogP contribution >= 0.6 is 39.1 Å². The van der Waals surface area contributed by atoms with Crippen molar-refractivity contribution in [3.8, 4) is 11.3 Å². The highest BCUT2D eigenvalue weighted by Crippen LogP contribution is 2.25. The van der Waals surface area contributed by atoms with Crippen LogP contribution < -0.4 is 10.6 Å². The van der Waals surface area contributed by atoms with E-state index in [0.29, 0.717) is 16.5 Å². The Morgan fingerprint density at radius 2 is 1.66 bits per heavy atom. The Hall–Kier alpha value is -3.32. The molecule has 8 heteroatoms. The molecule has 0 spiro atoms. The first-order valence-electron chi connectivity index (χ1n) is 10.5. The SMILES string of the molecule is O=C(NCc1ccccc1)/C(=C/c1ccc(-c2ccc(Br)cc2)o1)NC(=O)c1ccc(Cl)cc1Cl. The van der Waals surface area contributed by atoms with Crippen LogP contribution in [0.2, 0.25) is 10.0 Å². The van der Waals surface area contributed by atoms with Gasteiger partial charge in [-0.15, -0.1) is 0 Å². The van der Waals surface area contributed by atoms with E-state index in [-0.39, 0.29) is 22.8 Å². The summed E-state index contributed by atoms with van der Waals surface area (Å²) in [6.45, 7) is 0.289. The van der Waals surface area contributed by atoms with Crippen molar-refractivity contribution in [2.75, 3.05) is 0 Å². The van der Waals surface area contributed by atoms with Crippen molar-refractivity contribution in [1.29, 1.82) is 0 Å². The topological polar surface area (TPSA) is 71.3 Å². The first kappa shape index (κ1) is 24.8. The average molecular weight is 570 g/mol. The van der Waals surface area contributed by atoms with Crippen molar-refractivity contribution >= 4 is 57.0 Å². The number of amides is 2. The van der Waals surface area contributed by atoms with Gasteiger partial charge in [0.15, 0.2) is 0 Å². The molecule has 4 aromatic rings. The molecule has 3 aromatic carbocycles. The molecule has 0 fully saturated rings. The average Bonchev–Trinajstić information content (AvgIpc) is 3.31. The third kappa shape index (κ3) is 6.63. The normalized spacial score (nSPS) is 11.2. The van der Waals surface area contributed by atoms with Crippen LogP contribution in [0.3, 0.4) is 0 Å². The van der Waals surface area contributed by atoms with Crippen molar-refractivity contribution in [1.82, 2.24) is 10.6 Å². The monoisotopic (exact) mass is 568 g/mol. The summed E-state index contributed by atoms with van der Waals surface area (Å²) in [5.74, 6) is -0.00324. The number of benzene rings is 3. The van der Waals surface area contributed by atoms with E-state index in [1.165, 1.54) is 18.2 Å². The van der Waals surface area contributed by atoms with Crippen LogP contribution in [-0.2, 0) is 11.3 Å². The molecule has 0 bridgehead atoms. The highest BCUT2D eigenvalue weighted by Gasteiger charge is 2.18. The molecule has 2 N–H and O–H groups in total. The molecule has 0 saturated carbocycles. The van der Waals surface area contributed by atoms with E-state index >= 15 is 0 Å². The highest BCUT2D eigenvalue weighted by molar-refractivity contribution is 9.10. The molecule has 2 amide bonds. The van der Waals surface area contributed by atoms with Crippen LogP contribution in [0.15, 0.2) is 99.5 Å². The Morgan fingerprint density at radius 1 is 0.914 bits per heavy atom. The lowest BCUT2D eigenvalue weighted by Crippen LogP contribution is -2.34. The van der Waals surface area contributed by atoms with Gasteiger partial charge in [-0.05, 0) is 48.0 Å². The molecular weight excluding hydrogens is 551 g/mol. The molecule has 4 rings (SSSR count). The second-order valence-electron chi connectivity index (χ2n) is 7.51. The molecule has 0 unspecified atom stereocenters. The summed E-state index contributed by atoms with van der Waals surface area (Å²) < 4.78 is 6.87. The molecule has 176 valence electrons. The van der Waals surface area contributed by atoms with Crippen molar-refractivity contribution in [2.24, 2.45) is 0 Å². The van der Waals surface area contributed by atoms with Crippen molar-refractivity contribution < 1.29 is 14.0 Å². The summed E-state index contributed by atoms with van der Waals surface area (Å²) in [4.78, 5) is 26.0. The first-order chi connectivity index (χ1) is 16.9. The lowest BCUT2D eigenvalue weighted by Gasteiger charge is -2.12. The Morgan fingerprint density at radius 3 is 2.37 bits per heavy atom. The predicted octanol–water partition coefficient (Wildman–Crippen LogP) is 7.10. The molecule has 1 heterocycles. The zero-order valence-electron chi connectivity index (χ0n) is 18.2. The molecule has 5 nitrogen and oxygen atoms in total. The van der Waals surface area contributed by atoms with Gasteiger partial charge in [-0.25, -0.2) is 0 Å². The summed E-state index contributed by atoms with van der Waals surface area (Å²) in [5, 5.41) is 6.05. The third-order valence-electron chi connectivity index (χ3n) is 5.01. The van der Waals surface area contributed by atoms with Crippen molar-refractivity contribution in [2.45, 2.75) is 6.54 Å². The molecule has 0 aliphatic rings. The maximum atomic E-state index is 13.0. The molecule has 35 heavy (non-hydrogen) atoms.